The minimum absolute atomic E-state index is 0.0438. The molecule has 0 saturated heterocycles. The van der Waals surface area contributed by atoms with Crippen molar-refractivity contribution >= 4 is 16.7 Å². The molecule has 0 spiro atoms. The summed E-state index contributed by atoms with van der Waals surface area (Å²) in [5.41, 5.74) is -0.0702. The molecule has 5 nitrogen and oxygen atoms in total. The molecule has 1 aromatic heterocycles. The van der Waals surface area contributed by atoms with Crippen molar-refractivity contribution in [3.05, 3.63) is 50.4 Å². The molecular formula is C12H11NO4. The van der Waals surface area contributed by atoms with Crippen LogP contribution in [-0.2, 0) is 6.42 Å². The number of benzene rings is 1. The zero-order valence-electron chi connectivity index (χ0n) is 9.30. The second-order valence-corrected chi connectivity index (χ2v) is 3.76. The predicted molar refractivity (Wildman–Crippen MR) is 63.1 cm³/mol. The molecule has 88 valence electrons. The third-order valence-electron chi connectivity index (χ3n) is 2.53. The summed E-state index contributed by atoms with van der Waals surface area (Å²) in [6.07, 6.45) is 1.44. The van der Waals surface area contributed by atoms with Crippen LogP contribution in [0.2, 0.25) is 0 Å². The van der Waals surface area contributed by atoms with Gasteiger partial charge < -0.3 is 4.42 Å². The standard InChI is InChI=1S/C12H11NO4/c1-2-4-9-7-8-5-3-6-10(13(15)16)11(8)17-12(9)14/h3,5-7H,2,4H2,1H3. The van der Waals surface area contributed by atoms with Gasteiger partial charge in [0.1, 0.15) is 0 Å². The number of non-ortho nitro benzene ring substituents is 1. The molecule has 0 atom stereocenters. The second-order valence-electron chi connectivity index (χ2n) is 3.76. The van der Waals surface area contributed by atoms with E-state index in [1.807, 2.05) is 6.92 Å². The van der Waals surface area contributed by atoms with Gasteiger partial charge in [-0.15, -0.1) is 0 Å². The van der Waals surface area contributed by atoms with Crippen molar-refractivity contribution in [1.29, 1.82) is 0 Å². The highest BCUT2D eigenvalue weighted by atomic mass is 16.6. The molecule has 0 fully saturated rings. The Hall–Kier alpha value is -2.17. The Morgan fingerprint density at radius 2 is 2.18 bits per heavy atom. The molecule has 0 radical (unpaired) electrons. The first kappa shape index (κ1) is 11.3. The summed E-state index contributed by atoms with van der Waals surface area (Å²) in [7, 11) is 0. The van der Waals surface area contributed by atoms with Gasteiger partial charge in [-0.1, -0.05) is 25.5 Å². The van der Waals surface area contributed by atoms with Crippen LogP contribution >= 0.6 is 0 Å². The summed E-state index contributed by atoms with van der Waals surface area (Å²) in [6.45, 7) is 1.96. The van der Waals surface area contributed by atoms with Crippen LogP contribution in [0.3, 0.4) is 0 Å². The summed E-state index contributed by atoms with van der Waals surface area (Å²) in [5, 5.41) is 11.4. The second kappa shape index (κ2) is 4.37. The van der Waals surface area contributed by atoms with Gasteiger partial charge in [-0.05, 0) is 12.5 Å². The summed E-state index contributed by atoms with van der Waals surface area (Å²) >= 11 is 0. The maximum atomic E-state index is 11.6. The quantitative estimate of drug-likeness (QED) is 0.464. The van der Waals surface area contributed by atoms with Crippen LogP contribution in [0.1, 0.15) is 18.9 Å². The first-order chi connectivity index (χ1) is 8.13. The lowest BCUT2D eigenvalue weighted by molar-refractivity contribution is -0.383. The maximum Gasteiger partial charge on any atom is 0.339 e. The first-order valence-corrected chi connectivity index (χ1v) is 5.33. The van der Waals surface area contributed by atoms with Crippen molar-refractivity contribution < 1.29 is 9.34 Å². The van der Waals surface area contributed by atoms with E-state index in [1.54, 1.807) is 18.2 Å². The minimum Gasteiger partial charge on any atom is -0.415 e. The van der Waals surface area contributed by atoms with Crippen molar-refractivity contribution in [2.45, 2.75) is 19.8 Å². The van der Waals surface area contributed by atoms with E-state index >= 15 is 0 Å². The van der Waals surface area contributed by atoms with E-state index in [4.69, 9.17) is 4.42 Å². The van der Waals surface area contributed by atoms with E-state index in [0.29, 0.717) is 17.4 Å². The summed E-state index contributed by atoms with van der Waals surface area (Å²) in [5.74, 6) is 0. The van der Waals surface area contributed by atoms with Crippen LogP contribution in [-0.4, -0.2) is 4.92 Å². The molecule has 0 amide bonds. The van der Waals surface area contributed by atoms with Gasteiger partial charge in [0.15, 0.2) is 0 Å². The highest BCUT2D eigenvalue weighted by molar-refractivity contribution is 5.85. The van der Waals surface area contributed by atoms with Crippen LogP contribution in [0.4, 0.5) is 5.69 Å². The van der Waals surface area contributed by atoms with E-state index in [2.05, 4.69) is 0 Å². The van der Waals surface area contributed by atoms with Gasteiger partial charge in [-0.2, -0.15) is 0 Å². The average Bonchev–Trinajstić information content (AvgIpc) is 2.29. The fourth-order valence-electron chi connectivity index (χ4n) is 1.76. The third-order valence-corrected chi connectivity index (χ3v) is 2.53. The van der Waals surface area contributed by atoms with Crippen molar-refractivity contribution in [3.63, 3.8) is 0 Å². The fourth-order valence-corrected chi connectivity index (χ4v) is 1.76. The Labute approximate surface area is 96.8 Å². The number of nitro benzene ring substituents is 1. The predicted octanol–water partition coefficient (Wildman–Crippen LogP) is 2.65. The molecule has 1 heterocycles. The molecule has 1 aromatic carbocycles. The Kier molecular flexibility index (Phi) is 2.91. The van der Waals surface area contributed by atoms with Gasteiger partial charge in [-0.25, -0.2) is 4.79 Å². The Morgan fingerprint density at radius 3 is 2.82 bits per heavy atom. The number of fused-ring (bicyclic) bond motifs is 1. The van der Waals surface area contributed by atoms with E-state index in [9.17, 15) is 14.9 Å². The molecule has 0 bridgehead atoms. The molecule has 0 aliphatic carbocycles. The van der Waals surface area contributed by atoms with E-state index < -0.39 is 10.5 Å². The van der Waals surface area contributed by atoms with E-state index in [-0.39, 0.29) is 11.3 Å². The first-order valence-electron chi connectivity index (χ1n) is 5.33. The van der Waals surface area contributed by atoms with Crippen LogP contribution < -0.4 is 5.63 Å². The van der Waals surface area contributed by atoms with E-state index in [1.165, 1.54) is 6.07 Å². The summed E-state index contributed by atoms with van der Waals surface area (Å²) in [6, 6.07) is 6.27. The van der Waals surface area contributed by atoms with Crippen molar-refractivity contribution in [3.8, 4) is 0 Å². The van der Waals surface area contributed by atoms with Gasteiger partial charge in [0.2, 0.25) is 5.58 Å². The molecule has 0 aliphatic rings. The van der Waals surface area contributed by atoms with Gasteiger partial charge in [0.25, 0.3) is 0 Å². The highest BCUT2D eigenvalue weighted by Crippen LogP contribution is 2.24. The van der Waals surface area contributed by atoms with Crippen molar-refractivity contribution in [1.82, 2.24) is 0 Å². The summed E-state index contributed by atoms with van der Waals surface area (Å²) < 4.78 is 5.04. The monoisotopic (exact) mass is 233 g/mol. The average molecular weight is 233 g/mol. The molecule has 0 unspecified atom stereocenters. The van der Waals surface area contributed by atoms with Gasteiger partial charge in [-0.3, -0.25) is 10.1 Å². The largest absolute Gasteiger partial charge is 0.415 e. The molecule has 2 aromatic rings. The normalized spacial score (nSPS) is 10.6. The maximum absolute atomic E-state index is 11.6. The Bertz CT molecular complexity index is 630. The molecule has 5 heteroatoms. The molecule has 0 saturated carbocycles. The minimum atomic E-state index is -0.551. The number of rotatable bonds is 3. The van der Waals surface area contributed by atoms with Crippen LogP contribution in [0.15, 0.2) is 33.5 Å². The molecule has 2 rings (SSSR count). The lowest BCUT2D eigenvalue weighted by Gasteiger charge is -2.01. The summed E-state index contributed by atoms with van der Waals surface area (Å²) in [4.78, 5) is 21.8. The number of nitro groups is 1. The lowest BCUT2D eigenvalue weighted by Crippen LogP contribution is -2.07. The van der Waals surface area contributed by atoms with Crippen molar-refractivity contribution in [2.24, 2.45) is 0 Å². The topological polar surface area (TPSA) is 73.3 Å². The number of nitrogens with zero attached hydrogens (tertiary/aromatic N) is 1. The van der Waals surface area contributed by atoms with Crippen LogP contribution in [0.25, 0.3) is 11.0 Å². The smallest absolute Gasteiger partial charge is 0.339 e. The third kappa shape index (κ3) is 2.04. The highest BCUT2D eigenvalue weighted by Gasteiger charge is 2.15. The number of hydrogen-bond acceptors (Lipinski definition) is 4. The zero-order valence-corrected chi connectivity index (χ0v) is 9.30. The Balaban J connectivity index is 2.73. The number of para-hydroxylation sites is 1. The Morgan fingerprint density at radius 1 is 1.41 bits per heavy atom. The SMILES string of the molecule is CCCc1cc2cccc([N+](=O)[O-])c2oc1=O. The fraction of sp³-hybridized carbons (Fsp3) is 0.250. The lowest BCUT2D eigenvalue weighted by atomic mass is 10.1. The number of aryl methyl sites for hydroxylation is 1. The van der Waals surface area contributed by atoms with Crippen LogP contribution in [0, 0.1) is 10.1 Å². The molecule has 0 N–H and O–H groups in total. The molecule has 0 aliphatic heterocycles. The molecular weight excluding hydrogens is 222 g/mol. The van der Waals surface area contributed by atoms with Crippen LogP contribution in [0.5, 0.6) is 0 Å². The van der Waals surface area contributed by atoms with Crippen molar-refractivity contribution in [2.75, 3.05) is 0 Å². The van der Waals surface area contributed by atoms with Gasteiger partial charge in [0.05, 0.1) is 4.92 Å². The van der Waals surface area contributed by atoms with Gasteiger partial charge >= 0.3 is 11.3 Å². The molecule has 17 heavy (non-hydrogen) atoms. The van der Waals surface area contributed by atoms with Gasteiger partial charge in [0, 0.05) is 17.0 Å². The van der Waals surface area contributed by atoms with E-state index in [0.717, 1.165) is 6.42 Å². The number of hydrogen-bond donors (Lipinski definition) is 0. The zero-order chi connectivity index (χ0) is 12.4.